The molecule has 0 radical (unpaired) electrons. The molecule has 1 amide bonds. The Hall–Kier alpha value is -3.74. The van der Waals surface area contributed by atoms with Crippen molar-refractivity contribution >= 4 is 17.3 Å². The maximum absolute atomic E-state index is 14.6. The Labute approximate surface area is 211 Å². The van der Waals surface area contributed by atoms with Crippen LogP contribution in [0.25, 0.3) is 0 Å². The first-order chi connectivity index (χ1) is 17.6. The van der Waals surface area contributed by atoms with E-state index in [1.165, 1.54) is 17.3 Å². The predicted molar refractivity (Wildman–Crippen MR) is 140 cm³/mol. The second-order valence-corrected chi connectivity index (χ2v) is 9.33. The van der Waals surface area contributed by atoms with Gasteiger partial charge in [0.1, 0.15) is 5.82 Å². The number of hydrogen-bond acceptors (Lipinski definition) is 5. The topological polar surface area (TPSA) is 54.0 Å². The first-order valence-corrected chi connectivity index (χ1v) is 12.4. The van der Waals surface area contributed by atoms with Crippen LogP contribution in [0.4, 0.5) is 15.8 Å². The number of ether oxygens (including phenoxy) is 2. The van der Waals surface area contributed by atoms with E-state index in [1.54, 1.807) is 20.3 Å². The number of amides is 1. The molecule has 0 aromatic heterocycles. The summed E-state index contributed by atoms with van der Waals surface area (Å²) in [6.45, 7) is 2.57. The van der Waals surface area contributed by atoms with Crippen molar-refractivity contribution in [3.05, 3.63) is 83.7 Å². The maximum Gasteiger partial charge on any atom is 0.225 e. The monoisotopic (exact) mass is 489 g/mol. The van der Waals surface area contributed by atoms with Gasteiger partial charge in [0.05, 0.1) is 31.9 Å². The average Bonchev–Trinajstić information content (AvgIpc) is 2.92. The van der Waals surface area contributed by atoms with E-state index < -0.39 is 0 Å². The molecule has 7 heteroatoms. The molecule has 3 aromatic carbocycles. The van der Waals surface area contributed by atoms with Gasteiger partial charge in [-0.05, 0) is 54.3 Å². The van der Waals surface area contributed by atoms with Crippen molar-refractivity contribution in [2.45, 2.75) is 18.9 Å². The second kappa shape index (κ2) is 10.5. The standard InChI is InChI=1S/C29H32FN3O3/c1-35-27-12-11-20(17-28(27)36-2)13-14-31-29(34)22-18-21-7-3-5-9-24(21)33-16-15-32(19-26(22)33)25-10-6-4-8-23(25)30/h3-12,17,22,26H,13-16,18-19H2,1-2H3,(H,31,34)/t22-,26+/m0/s1. The summed E-state index contributed by atoms with van der Waals surface area (Å²) < 4.78 is 25.3. The minimum Gasteiger partial charge on any atom is -0.493 e. The van der Waals surface area contributed by atoms with Crippen molar-refractivity contribution in [2.24, 2.45) is 5.92 Å². The van der Waals surface area contributed by atoms with Gasteiger partial charge in [-0.15, -0.1) is 0 Å². The fourth-order valence-electron chi connectivity index (χ4n) is 5.48. The highest BCUT2D eigenvalue weighted by Crippen LogP contribution is 2.37. The quantitative estimate of drug-likeness (QED) is 0.542. The van der Waals surface area contributed by atoms with Gasteiger partial charge < -0.3 is 24.6 Å². The Balaban J connectivity index is 1.32. The molecule has 0 spiro atoms. The van der Waals surface area contributed by atoms with Gasteiger partial charge in [-0.1, -0.05) is 36.4 Å². The van der Waals surface area contributed by atoms with Gasteiger partial charge in [0.25, 0.3) is 0 Å². The molecule has 0 aliphatic carbocycles. The Morgan fingerprint density at radius 1 is 0.972 bits per heavy atom. The summed E-state index contributed by atoms with van der Waals surface area (Å²) >= 11 is 0. The molecule has 6 nitrogen and oxygen atoms in total. The number of methoxy groups -OCH3 is 2. The second-order valence-electron chi connectivity index (χ2n) is 9.33. The molecule has 0 unspecified atom stereocenters. The van der Waals surface area contributed by atoms with E-state index >= 15 is 0 Å². The van der Waals surface area contributed by atoms with Crippen LogP contribution in [0, 0.1) is 11.7 Å². The first kappa shape index (κ1) is 24.0. The Morgan fingerprint density at radius 2 is 1.72 bits per heavy atom. The van der Waals surface area contributed by atoms with Crippen molar-refractivity contribution in [1.29, 1.82) is 0 Å². The largest absolute Gasteiger partial charge is 0.493 e. The van der Waals surface area contributed by atoms with Crippen LogP contribution in [0.2, 0.25) is 0 Å². The van der Waals surface area contributed by atoms with E-state index in [-0.39, 0.29) is 23.7 Å². The van der Waals surface area contributed by atoms with Crippen molar-refractivity contribution in [2.75, 3.05) is 50.2 Å². The van der Waals surface area contributed by atoms with Gasteiger partial charge in [0.15, 0.2) is 11.5 Å². The van der Waals surface area contributed by atoms with Crippen LogP contribution in [0.1, 0.15) is 11.1 Å². The number of anilines is 2. The van der Waals surface area contributed by atoms with Gasteiger partial charge in [0.2, 0.25) is 5.91 Å². The summed E-state index contributed by atoms with van der Waals surface area (Å²) in [7, 11) is 3.23. The molecule has 188 valence electrons. The maximum atomic E-state index is 14.6. The Morgan fingerprint density at radius 3 is 2.50 bits per heavy atom. The number of fused-ring (bicyclic) bond motifs is 3. The zero-order valence-electron chi connectivity index (χ0n) is 20.7. The fourth-order valence-corrected chi connectivity index (χ4v) is 5.48. The van der Waals surface area contributed by atoms with Crippen molar-refractivity contribution in [3.63, 3.8) is 0 Å². The number of benzene rings is 3. The predicted octanol–water partition coefficient (Wildman–Crippen LogP) is 4.07. The smallest absolute Gasteiger partial charge is 0.225 e. The van der Waals surface area contributed by atoms with Gasteiger partial charge in [-0.25, -0.2) is 4.39 Å². The molecule has 2 aliphatic rings. The highest BCUT2D eigenvalue weighted by Gasteiger charge is 2.41. The first-order valence-electron chi connectivity index (χ1n) is 12.4. The number of piperazine rings is 1. The van der Waals surface area contributed by atoms with Crippen LogP contribution >= 0.6 is 0 Å². The number of halogens is 1. The molecule has 2 heterocycles. The molecule has 1 fully saturated rings. The SMILES string of the molecule is COc1ccc(CCNC(=O)[C@H]2Cc3ccccc3N3CCN(c4ccccc4F)C[C@H]23)cc1OC. The van der Waals surface area contributed by atoms with Gasteiger partial charge >= 0.3 is 0 Å². The summed E-state index contributed by atoms with van der Waals surface area (Å²) in [6.07, 6.45) is 1.36. The molecular weight excluding hydrogens is 457 g/mol. The molecule has 5 rings (SSSR count). The van der Waals surface area contributed by atoms with Crippen LogP contribution in [0.15, 0.2) is 66.7 Å². The molecule has 1 saturated heterocycles. The lowest BCUT2D eigenvalue weighted by molar-refractivity contribution is -0.125. The Bertz CT molecular complexity index is 1230. The number of carbonyl (C=O) groups excluding carboxylic acids is 1. The summed E-state index contributed by atoms with van der Waals surface area (Å²) in [5.74, 6) is 0.951. The lowest BCUT2D eigenvalue weighted by Gasteiger charge is -2.49. The fraction of sp³-hybridized carbons (Fsp3) is 0.345. The molecule has 2 atom stereocenters. The molecule has 3 aromatic rings. The van der Waals surface area contributed by atoms with Crippen LogP contribution in [-0.2, 0) is 17.6 Å². The van der Waals surface area contributed by atoms with E-state index in [1.807, 2.05) is 42.5 Å². The van der Waals surface area contributed by atoms with Crippen molar-refractivity contribution in [3.8, 4) is 11.5 Å². The summed E-state index contributed by atoms with van der Waals surface area (Å²) in [5.41, 5.74) is 4.04. The minimum atomic E-state index is -0.224. The van der Waals surface area contributed by atoms with Crippen LogP contribution in [0.3, 0.4) is 0 Å². The van der Waals surface area contributed by atoms with E-state index in [0.29, 0.717) is 49.7 Å². The third-order valence-corrected chi connectivity index (χ3v) is 7.31. The molecular formula is C29H32FN3O3. The van der Waals surface area contributed by atoms with Crippen LogP contribution in [0.5, 0.6) is 11.5 Å². The van der Waals surface area contributed by atoms with E-state index in [2.05, 4.69) is 27.2 Å². The van der Waals surface area contributed by atoms with E-state index in [0.717, 1.165) is 12.1 Å². The zero-order valence-corrected chi connectivity index (χ0v) is 20.7. The molecule has 1 N–H and O–H groups in total. The van der Waals surface area contributed by atoms with Crippen LogP contribution in [-0.4, -0.2) is 52.3 Å². The molecule has 0 saturated carbocycles. The van der Waals surface area contributed by atoms with Crippen LogP contribution < -0.4 is 24.6 Å². The summed E-state index contributed by atoms with van der Waals surface area (Å²) in [6, 6.07) is 21.0. The lowest BCUT2D eigenvalue weighted by atomic mass is 9.83. The normalized spacial score (nSPS) is 18.8. The van der Waals surface area contributed by atoms with Crippen molar-refractivity contribution < 1.29 is 18.7 Å². The number of nitrogens with one attached hydrogen (secondary N) is 1. The van der Waals surface area contributed by atoms with Gasteiger partial charge in [0, 0.05) is 31.9 Å². The molecule has 2 aliphatic heterocycles. The molecule has 0 bridgehead atoms. The summed E-state index contributed by atoms with van der Waals surface area (Å²) in [4.78, 5) is 17.9. The van der Waals surface area contributed by atoms with E-state index in [4.69, 9.17) is 9.47 Å². The van der Waals surface area contributed by atoms with Gasteiger partial charge in [-0.3, -0.25) is 4.79 Å². The summed E-state index contributed by atoms with van der Waals surface area (Å²) in [5, 5.41) is 3.17. The number of rotatable bonds is 7. The molecule has 36 heavy (non-hydrogen) atoms. The third-order valence-electron chi connectivity index (χ3n) is 7.31. The lowest BCUT2D eigenvalue weighted by Crippen LogP contribution is -2.61. The average molecular weight is 490 g/mol. The minimum absolute atomic E-state index is 0.0330. The zero-order chi connectivity index (χ0) is 25.1. The Kier molecular flexibility index (Phi) is 6.98. The third kappa shape index (κ3) is 4.70. The number of nitrogens with zero attached hydrogens (tertiary/aromatic N) is 2. The highest BCUT2D eigenvalue weighted by molar-refractivity contribution is 5.82. The number of carbonyl (C=O) groups is 1. The number of para-hydroxylation sites is 2. The number of hydrogen-bond donors (Lipinski definition) is 1. The highest BCUT2D eigenvalue weighted by atomic mass is 19.1. The van der Waals surface area contributed by atoms with E-state index in [9.17, 15) is 9.18 Å². The van der Waals surface area contributed by atoms with Crippen molar-refractivity contribution in [1.82, 2.24) is 5.32 Å². The van der Waals surface area contributed by atoms with Gasteiger partial charge in [-0.2, -0.15) is 0 Å².